The third-order valence-corrected chi connectivity index (χ3v) is 2.71. The van der Waals surface area contributed by atoms with E-state index in [0.717, 1.165) is 37.7 Å². The van der Waals surface area contributed by atoms with Crippen LogP contribution in [0.1, 0.15) is 38.3 Å². The number of nitrogens with zero attached hydrogens (tertiary/aromatic N) is 2. The van der Waals surface area contributed by atoms with Gasteiger partial charge in [-0.1, -0.05) is 19.8 Å². The third-order valence-electron chi connectivity index (χ3n) is 2.71. The highest BCUT2D eigenvalue weighted by Crippen LogP contribution is 2.11. The number of ether oxygens (including phenoxy) is 1. The van der Waals surface area contributed by atoms with E-state index in [0.29, 0.717) is 0 Å². The van der Waals surface area contributed by atoms with Crippen LogP contribution in [0, 0.1) is 6.92 Å². The molecule has 0 aliphatic carbocycles. The summed E-state index contributed by atoms with van der Waals surface area (Å²) in [5, 5.41) is 7.58. The van der Waals surface area contributed by atoms with Crippen LogP contribution < -0.4 is 10.1 Å². The largest absolute Gasteiger partial charge is 0.478 e. The number of hydrogen-bond donors (Lipinski definition) is 1. The van der Waals surface area contributed by atoms with Crippen LogP contribution in [-0.4, -0.2) is 29.5 Å². The molecular weight excluding hydrogens is 214 g/mol. The molecule has 1 aromatic heterocycles. The first kappa shape index (κ1) is 14.0. The van der Waals surface area contributed by atoms with E-state index in [2.05, 4.69) is 17.3 Å². The van der Waals surface area contributed by atoms with Crippen LogP contribution in [0.4, 0.5) is 0 Å². The predicted octanol–water partition coefficient (Wildman–Crippen LogP) is 2.28. The van der Waals surface area contributed by atoms with E-state index in [4.69, 9.17) is 4.74 Å². The number of rotatable bonds is 9. The summed E-state index contributed by atoms with van der Waals surface area (Å²) in [6.07, 6.45) is 4.90. The van der Waals surface area contributed by atoms with Gasteiger partial charge in [0.05, 0.1) is 12.3 Å². The van der Waals surface area contributed by atoms with Crippen LogP contribution in [0.15, 0.2) is 6.07 Å². The van der Waals surface area contributed by atoms with Crippen LogP contribution in [0.5, 0.6) is 5.88 Å². The SMILES string of the molecule is CCNCCCCCCOc1cc(C)nn1C. The summed E-state index contributed by atoms with van der Waals surface area (Å²) in [5.74, 6) is 0.871. The zero-order valence-corrected chi connectivity index (χ0v) is 11.3. The van der Waals surface area contributed by atoms with Crippen LogP contribution in [0.25, 0.3) is 0 Å². The Balaban J connectivity index is 1.99. The minimum atomic E-state index is 0.792. The van der Waals surface area contributed by atoms with Gasteiger partial charge in [-0.05, 0) is 32.9 Å². The van der Waals surface area contributed by atoms with Crippen molar-refractivity contribution in [2.45, 2.75) is 39.5 Å². The molecule has 0 aliphatic heterocycles. The molecule has 0 bridgehead atoms. The van der Waals surface area contributed by atoms with Gasteiger partial charge in [0.2, 0.25) is 5.88 Å². The Hall–Kier alpha value is -1.03. The van der Waals surface area contributed by atoms with Crippen LogP contribution in [-0.2, 0) is 7.05 Å². The zero-order valence-electron chi connectivity index (χ0n) is 11.3. The lowest BCUT2D eigenvalue weighted by molar-refractivity contribution is 0.279. The van der Waals surface area contributed by atoms with Crippen LogP contribution >= 0.6 is 0 Å². The van der Waals surface area contributed by atoms with Gasteiger partial charge in [-0.3, -0.25) is 0 Å². The third kappa shape index (κ3) is 5.73. The summed E-state index contributed by atoms with van der Waals surface area (Å²) < 4.78 is 7.46. The molecule has 1 heterocycles. The van der Waals surface area contributed by atoms with Gasteiger partial charge in [0.25, 0.3) is 0 Å². The van der Waals surface area contributed by atoms with Gasteiger partial charge in [-0.15, -0.1) is 0 Å². The number of nitrogens with one attached hydrogen (secondary N) is 1. The van der Waals surface area contributed by atoms with Crippen molar-refractivity contribution in [3.63, 3.8) is 0 Å². The number of aromatic nitrogens is 2. The average molecular weight is 239 g/mol. The second kappa shape index (κ2) is 8.12. The fraction of sp³-hybridized carbons (Fsp3) is 0.769. The molecule has 98 valence electrons. The summed E-state index contributed by atoms with van der Waals surface area (Å²) >= 11 is 0. The van der Waals surface area contributed by atoms with Gasteiger partial charge in [-0.2, -0.15) is 5.10 Å². The Kier molecular flexibility index (Phi) is 6.70. The van der Waals surface area contributed by atoms with E-state index in [1.165, 1.54) is 19.3 Å². The molecule has 0 fully saturated rings. The molecular formula is C13H25N3O. The molecule has 1 rings (SSSR count). The molecule has 0 saturated heterocycles. The average Bonchev–Trinajstić information content (AvgIpc) is 2.61. The van der Waals surface area contributed by atoms with Gasteiger partial charge < -0.3 is 10.1 Å². The first-order valence-electron chi connectivity index (χ1n) is 6.58. The molecule has 0 spiro atoms. The Morgan fingerprint density at radius 1 is 1.29 bits per heavy atom. The Morgan fingerprint density at radius 3 is 2.71 bits per heavy atom. The Morgan fingerprint density at radius 2 is 2.06 bits per heavy atom. The van der Waals surface area contributed by atoms with Gasteiger partial charge in [0, 0.05) is 13.1 Å². The van der Waals surface area contributed by atoms with E-state index in [9.17, 15) is 0 Å². The maximum atomic E-state index is 5.67. The molecule has 4 heteroatoms. The molecule has 0 amide bonds. The van der Waals surface area contributed by atoms with Crippen LogP contribution in [0.3, 0.4) is 0 Å². The second-order valence-corrected chi connectivity index (χ2v) is 4.36. The monoisotopic (exact) mass is 239 g/mol. The molecule has 1 aromatic rings. The Bertz CT molecular complexity index is 310. The maximum absolute atomic E-state index is 5.67. The first-order chi connectivity index (χ1) is 8.24. The highest BCUT2D eigenvalue weighted by molar-refractivity contribution is 5.14. The summed E-state index contributed by atoms with van der Waals surface area (Å²) in [6, 6.07) is 1.98. The highest BCUT2D eigenvalue weighted by atomic mass is 16.5. The van der Waals surface area contributed by atoms with Crippen molar-refractivity contribution < 1.29 is 4.74 Å². The van der Waals surface area contributed by atoms with E-state index in [-0.39, 0.29) is 0 Å². The lowest BCUT2D eigenvalue weighted by Crippen LogP contribution is -2.13. The second-order valence-electron chi connectivity index (χ2n) is 4.36. The number of unbranched alkanes of at least 4 members (excludes halogenated alkanes) is 3. The van der Waals surface area contributed by atoms with E-state index < -0.39 is 0 Å². The maximum Gasteiger partial charge on any atom is 0.211 e. The quantitative estimate of drug-likeness (QED) is 0.672. The number of aryl methyl sites for hydroxylation is 2. The molecule has 0 aromatic carbocycles. The molecule has 0 unspecified atom stereocenters. The standard InChI is InChI=1S/C13H25N3O/c1-4-14-9-7-5-6-8-10-17-13-11-12(2)15-16(13)3/h11,14H,4-10H2,1-3H3. The van der Waals surface area contributed by atoms with E-state index in [1.54, 1.807) is 4.68 Å². The van der Waals surface area contributed by atoms with Crippen molar-refractivity contribution in [1.29, 1.82) is 0 Å². The Labute approximate surface area is 104 Å². The van der Waals surface area contributed by atoms with Gasteiger partial charge in [0.15, 0.2) is 0 Å². The highest BCUT2D eigenvalue weighted by Gasteiger charge is 2.01. The first-order valence-corrected chi connectivity index (χ1v) is 6.58. The van der Waals surface area contributed by atoms with Gasteiger partial charge >= 0.3 is 0 Å². The molecule has 17 heavy (non-hydrogen) atoms. The molecule has 1 N–H and O–H groups in total. The van der Waals surface area contributed by atoms with Crippen molar-refractivity contribution >= 4 is 0 Å². The minimum Gasteiger partial charge on any atom is -0.478 e. The summed E-state index contributed by atoms with van der Waals surface area (Å²) in [5.41, 5.74) is 1.01. The van der Waals surface area contributed by atoms with Crippen molar-refractivity contribution in [1.82, 2.24) is 15.1 Å². The molecule has 0 saturated carbocycles. The smallest absolute Gasteiger partial charge is 0.211 e. The lowest BCUT2D eigenvalue weighted by atomic mass is 10.2. The molecule has 0 radical (unpaired) electrons. The predicted molar refractivity (Wildman–Crippen MR) is 70.5 cm³/mol. The van der Waals surface area contributed by atoms with E-state index in [1.807, 2.05) is 20.0 Å². The molecule has 0 aliphatic rings. The summed E-state index contributed by atoms with van der Waals surface area (Å²) in [7, 11) is 1.92. The van der Waals surface area contributed by atoms with Crippen LogP contribution in [0.2, 0.25) is 0 Å². The fourth-order valence-electron chi connectivity index (χ4n) is 1.78. The van der Waals surface area contributed by atoms with Gasteiger partial charge in [0.1, 0.15) is 0 Å². The zero-order chi connectivity index (χ0) is 12.5. The lowest BCUT2D eigenvalue weighted by Gasteiger charge is -2.05. The fourth-order valence-corrected chi connectivity index (χ4v) is 1.78. The summed E-state index contributed by atoms with van der Waals surface area (Å²) in [6.45, 7) is 7.12. The topological polar surface area (TPSA) is 39.1 Å². The van der Waals surface area contributed by atoms with Crippen molar-refractivity contribution in [2.24, 2.45) is 7.05 Å². The van der Waals surface area contributed by atoms with Gasteiger partial charge in [-0.25, -0.2) is 4.68 Å². The van der Waals surface area contributed by atoms with Crippen molar-refractivity contribution in [3.8, 4) is 5.88 Å². The number of hydrogen-bond acceptors (Lipinski definition) is 3. The normalized spacial score (nSPS) is 10.8. The molecule has 0 atom stereocenters. The van der Waals surface area contributed by atoms with Crippen molar-refractivity contribution in [3.05, 3.63) is 11.8 Å². The minimum absolute atomic E-state index is 0.792. The molecule has 4 nitrogen and oxygen atoms in total. The summed E-state index contributed by atoms with van der Waals surface area (Å²) in [4.78, 5) is 0. The van der Waals surface area contributed by atoms with Crippen molar-refractivity contribution in [2.75, 3.05) is 19.7 Å². The van der Waals surface area contributed by atoms with E-state index >= 15 is 0 Å².